The predicted molar refractivity (Wildman–Crippen MR) is 149 cm³/mol. The van der Waals surface area contributed by atoms with Gasteiger partial charge in [-0.05, 0) is 47.5 Å². The molecule has 0 amide bonds. The fourth-order valence-electron chi connectivity index (χ4n) is 6.53. The van der Waals surface area contributed by atoms with Crippen LogP contribution in [-0.2, 0) is 11.1 Å². The molecule has 0 N–H and O–H groups in total. The molecular formula is C34H28N2. The third kappa shape index (κ3) is 2.62. The van der Waals surface area contributed by atoms with E-state index in [4.69, 9.17) is 0 Å². The van der Waals surface area contributed by atoms with Crippen LogP contribution in [0.4, 0.5) is 22.7 Å². The zero-order chi connectivity index (χ0) is 24.3. The largest absolute Gasteiger partial charge is 0.308 e. The van der Waals surface area contributed by atoms with Crippen molar-refractivity contribution in [3.63, 3.8) is 0 Å². The standard InChI is InChI=1S/C34H28N2/c1-33(2)27-19-9-11-21-29(27)34(30-22-12-10-20-28(30)33)35(25-15-5-3-6-16-25)31-23-13-14-24-32(31)36(34)26-17-7-4-8-18-26/h3-24H,1-2H3. The second-order valence-corrected chi connectivity index (χ2v) is 10.2. The molecule has 2 heteroatoms. The van der Waals surface area contributed by atoms with Crippen LogP contribution in [0.15, 0.2) is 133 Å². The first-order chi connectivity index (χ1) is 17.6. The lowest BCUT2D eigenvalue weighted by molar-refractivity contribution is 0.482. The first-order valence-electron chi connectivity index (χ1n) is 12.6. The molecule has 0 aromatic heterocycles. The fraction of sp³-hybridized carbons (Fsp3) is 0.118. The van der Waals surface area contributed by atoms with Gasteiger partial charge in [0.2, 0.25) is 0 Å². The number of fused-ring (bicyclic) bond motifs is 5. The van der Waals surface area contributed by atoms with Crippen molar-refractivity contribution < 1.29 is 0 Å². The van der Waals surface area contributed by atoms with Gasteiger partial charge in [-0.3, -0.25) is 0 Å². The second kappa shape index (κ2) is 7.60. The SMILES string of the molecule is CC1(C)c2ccccc2C2(c3ccccc31)N(c1ccccc1)c1ccccc1N2c1ccccc1. The molecule has 36 heavy (non-hydrogen) atoms. The molecule has 2 nitrogen and oxygen atoms in total. The molecule has 7 rings (SSSR count). The third-order valence-electron chi connectivity index (χ3n) is 7.99. The highest BCUT2D eigenvalue weighted by atomic mass is 15.5. The van der Waals surface area contributed by atoms with Gasteiger partial charge in [0.1, 0.15) is 0 Å². The minimum atomic E-state index is -0.588. The summed E-state index contributed by atoms with van der Waals surface area (Å²) in [6.45, 7) is 4.72. The average Bonchev–Trinajstić information content (AvgIpc) is 3.25. The summed E-state index contributed by atoms with van der Waals surface area (Å²) < 4.78 is 0. The zero-order valence-electron chi connectivity index (χ0n) is 20.6. The van der Waals surface area contributed by atoms with Crippen molar-refractivity contribution in [2.45, 2.75) is 24.9 Å². The first kappa shape index (κ1) is 21.0. The number of rotatable bonds is 2. The summed E-state index contributed by atoms with van der Waals surface area (Å²) >= 11 is 0. The summed E-state index contributed by atoms with van der Waals surface area (Å²) in [5, 5.41) is 0. The molecule has 0 radical (unpaired) electrons. The Hall–Kier alpha value is -4.30. The highest BCUT2D eigenvalue weighted by Gasteiger charge is 2.58. The van der Waals surface area contributed by atoms with E-state index in [1.54, 1.807) is 0 Å². The molecule has 0 unspecified atom stereocenters. The Morgan fingerprint density at radius 1 is 0.389 bits per heavy atom. The Balaban J connectivity index is 1.70. The van der Waals surface area contributed by atoms with E-state index in [-0.39, 0.29) is 5.41 Å². The molecule has 0 atom stereocenters. The van der Waals surface area contributed by atoms with Gasteiger partial charge in [0.15, 0.2) is 5.66 Å². The molecule has 174 valence electrons. The van der Waals surface area contributed by atoms with Gasteiger partial charge in [0.25, 0.3) is 0 Å². The molecule has 1 spiro atoms. The van der Waals surface area contributed by atoms with E-state index in [1.165, 1.54) is 45.0 Å². The highest BCUT2D eigenvalue weighted by molar-refractivity contribution is 5.94. The Kier molecular flexibility index (Phi) is 4.44. The maximum Gasteiger partial charge on any atom is 0.175 e. The van der Waals surface area contributed by atoms with Crippen molar-refractivity contribution in [2.24, 2.45) is 0 Å². The lowest BCUT2D eigenvalue weighted by Gasteiger charge is -2.53. The maximum absolute atomic E-state index is 2.56. The van der Waals surface area contributed by atoms with Crippen molar-refractivity contribution >= 4 is 22.7 Å². The Morgan fingerprint density at radius 2 is 0.722 bits per heavy atom. The monoisotopic (exact) mass is 464 g/mol. The normalized spacial score (nSPS) is 16.4. The minimum Gasteiger partial charge on any atom is -0.308 e. The van der Waals surface area contributed by atoms with Crippen molar-refractivity contribution in [1.29, 1.82) is 0 Å². The Labute approximate surface area is 213 Å². The molecule has 5 aromatic carbocycles. The number of hydrogen-bond donors (Lipinski definition) is 0. The zero-order valence-corrected chi connectivity index (χ0v) is 20.6. The summed E-state index contributed by atoms with van der Waals surface area (Å²) in [6.07, 6.45) is 0. The van der Waals surface area contributed by atoms with Gasteiger partial charge < -0.3 is 9.80 Å². The number of nitrogens with zero attached hydrogens (tertiary/aromatic N) is 2. The minimum absolute atomic E-state index is 0.127. The van der Waals surface area contributed by atoms with E-state index in [0.29, 0.717) is 0 Å². The van der Waals surface area contributed by atoms with E-state index < -0.39 is 5.66 Å². The van der Waals surface area contributed by atoms with Crippen LogP contribution in [0.1, 0.15) is 36.1 Å². The Bertz CT molecular complexity index is 1450. The van der Waals surface area contributed by atoms with E-state index in [0.717, 1.165) is 0 Å². The van der Waals surface area contributed by atoms with Gasteiger partial charge in [-0.1, -0.05) is 111 Å². The van der Waals surface area contributed by atoms with Crippen molar-refractivity contribution in [3.05, 3.63) is 156 Å². The molecule has 0 saturated carbocycles. The smallest absolute Gasteiger partial charge is 0.175 e. The maximum atomic E-state index is 2.56. The molecule has 0 bridgehead atoms. The summed E-state index contributed by atoms with van der Waals surface area (Å²) in [6, 6.07) is 48.6. The lowest BCUT2D eigenvalue weighted by Crippen LogP contribution is -2.56. The first-order valence-corrected chi connectivity index (χ1v) is 12.6. The molecule has 0 fully saturated rings. The van der Waals surface area contributed by atoms with Gasteiger partial charge in [-0.2, -0.15) is 0 Å². The summed E-state index contributed by atoms with van der Waals surface area (Å²) in [4.78, 5) is 5.12. The van der Waals surface area contributed by atoms with Gasteiger partial charge in [-0.25, -0.2) is 0 Å². The fourth-order valence-corrected chi connectivity index (χ4v) is 6.53. The van der Waals surface area contributed by atoms with Crippen LogP contribution >= 0.6 is 0 Å². The summed E-state index contributed by atoms with van der Waals surface area (Å²) in [7, 11) is 0. The molecule has 1 aliphatic heterocycles. The quantitative estimate of drug-likeness (QED) is 0.258. The number of hydrogen-bond acceptors (Lipinski definition) is 2. The van der Waals surface area contributed by atoms with Gasteiger partial charge in [0.05, 0.1) is 11.4 Å². The van der Waals surface area contributed by atoms with E-state index in [1.807, 2.05) is 0 Å². The van der Waals surface area contributed by atoms with E-state index >= 15 is 0 Å². The van der Waals surface area contributed by atoms with E-state index in [2.05, 4.69) is 157 Å². The van der Waals surface area contributed by atoms with Crippen LogP contribution in [0.2, 0.25) is 0 Å². The van der Waals surface area contributed by atoms with Crippen molar-refractivity contribution in [1.82, 2.24) is 0 Å². The molecule has 2 aliphatic rings. The molecule has 0 saturated heterocycles. The van der Waals surface area contributed by atoms with Crippen molar-refractivity contribution in [2.75, 3.05) is 9.80 Å². The number of benzene rings is 5. The molecule has 1 aliphatic carbocycles. The summed E-state index contributed by atoms with van der Waals surface area (Å²) in [5.41, 5.74) is 9.40. The molecular weight excluding hydrogens is 436 g/mol. The molecule has 5 aromatic rings. The molecule has 1 heterocycles. The number of para-hydroxylation sites is 4. The average molecular weight is 465 g/mol. The predicted octanol–water partition coefficient (Wildman–Crippen LogP) is 8.52. The number of anilines is 4. The van der Waals surface area contributed by atoms with Crippen molar-refractivity contribution in [3.8, 4) is 0 Å². The van der Waals surface area contributed by atoms with Gasteiger partial charge >= 0.3 is 0 Å². The van der Waals surface area contributed by atoms with Gasteiger partial charge in [0, 0.05) is 27.9 Å². The second-order valence-electron chi connectivity index (χ2n) is 10.2. The van der Waals surface area contributed by atoms with Crippen LogP contribution < -0.4 is 9.80 Å². The van der Waals surface area contributed by atoms with Crippen LogP contribution in [0.25, 0.3) is 0 Å². The highest BCUT2D eigenvalue weighted by Crippen LogP contribution is 2.63. The van der Waals surface area contributed by atoms with Crippen LogP contribution in [0.5, 0.6) is 0 Å². The van der Waals surface area contributed by atoms with E-state index in [9.17, 15) is 0 Å². The van der Waals surface area contributed by atoms with Crippen LogP contribution in [0.3, 0.4) is 0 Å². The topological polar surface area (TPSA) is 6.48 Å². The lowest BCUT2D eigenvalue weighted by atomic mass is 9.64. The Morgan fingerprint density at radius 3 is 1.14 bits per heavy atom. The van der Waals surface area contributed by atoms with Gasteiger partial charge in [-0.15, -0.1) is 0 Å². The third-order valence-corrected chi connectivity index (χ3v) is 7.99. The van der Waals surface area contributed by atoms with Crippen LogP contribution in [0, 0.1) is 0 Å². The summed E-state index contributed by atoms with van der Waals surface area (Å²) in [5.74, 6) is 0. The van der Waals surface area contributed by atoms with Crippen LogP contribution in [-0.4, -0.2) is 0 Å².